The first-order valence-corrected chi connectivity index (χ1v) is 11.3. The Morgan fingerprint density at radius 2 is 2.06 bits per heavy atom. The average Bonchev–Trinajstić information content (AvgIpc) is 3.19. The molecule has 1 aliphatic heterocycles. The number of aryl methyl sites for hydroxylation is 1. The Morgan fingerprint density at radius 1 is 1.24 bits per heavy atom. The number of hydrogen-bond donors (Lipinski definition) is 1. The summed E-state index contributed by atoms with van der Waals surface area (Å²) in [7, 11) is 0. The van der Waals surface area contributed by atoms with Crippen LogP contribution >= 0.6 is 11.3 Å². The van der Waals surface area contributed by atoms with Crippen molar-refractivity contribution in [1.29, 1.82) is 0 Å². The number of para-hydroxylation sites is 1. The number of thiazole rings is 1. The van der Waals surface area contributed by atoms with Crippen LogP contribution in [0.25, 0.3) is 22.2 Å². The van der Waals surface area contributed by atoms with Crippen molar-refractivity contribution in [3.63, 3.8) is 0 Å². The first kappa shape index (κ1) is 21.6. The Labute approximate surface area is 198 Å². The molecular formula is C25H19N3O5S. The highest BCUT2D eigenvalue weighted by Crippen LogP contribution is 2.38. The van der Waals surface area contributed by atoms with E-state index in [1.807, 2.05) is 19.1 Å². The van der Waals surface area contributed by atoms with Crippen molar-refractivity contribution in [2.24, 2.45) is 0 Å². The lowest BCUT2D eigenvalue weighted by Gasteiger charge is -2.28. The molecule has 2 aromatic heterocycles. The molecule has 1 aliphatic rings. The number of nitrogens with one attached hydrogen (secondary N) is 1. The van der Waals surface area contributed by atoms with E-state index in [1.54, 1.807) is 41.3 Å². The molecular weight excluding hydrogens is 454 g/mol. The maximum atomic E-state index is 12.8. The summed E-state index contributed by atoms with van der Waals surface area (Å²) >= 11 is 1.29. The van der Waals surface area contributed by atoms with E-state index < -0.39 is 11.5 Å². The minimum absolute atomic E-state index is 0.0190. The van der Waals surface area contributed by atoms with Gasteiger partial charge in [0, 0.05) is 22.4 Å². The number of ether oxygens (including phenoxy) is 1. The lowest BCUT2D eigenvalue weighted by Crippen LogP contribution is -2.38. The second-order valence-corrected chi connectivity index (χ2v) is 8.83. The van der Waals surface area contributed by atoms with Gasteiger partial charge in [0.1, 0.15) is 16.9 Å². The SMILES string of the molecule is C=CCN1C(=O)COc2ccc(-c3nc(NC(=O)c4cc5ccccc5oc4=O)sc3C)cc21. The van der Waals surface area contributed by atoms with Gasteiger partial charge in [-0.3, -0.25) is 14.9 Å². The zero-order chi connectivity index (χ0) is 23.8. The van der Waals surface area contributed by atoms with Crippen LogP contribution in [0, 0.1) is 6.92 Å². The fraction of sp³-hybridized carbons (Fsp3) is 0.120. The molecule has 0 atom stereocenters. The minimum Gasteiger partial charge on any atom is -0.482 e. The molecule has 0 bridgehead atoms. The first-order chi connectivity index (χ1) is 16.4. The summed E-state index contributed by atoms with van der Waals surface area (Å²) in [6, 6.07) is 14.0. The zero-order valence-electron chi connectivity index (χ0n) is 18.2. The van der Waals surface area contributed by atoms with Crippen molar-refractivity contribution in [1.82, 2.24) is 4.98 Å². The van der Waals surface area contributed by atoms with Crippen LogP contribution in [0.2, 0.25) is 0 Å². The van der Waals surface area contributed by atoms with E-state index in [-0.39, 0.29) is 18.1 Å². The zero-order valence-corrected chi connectivity index (χ0v) is 19.0. The number of anilines is 2. The van der Waals surface area contributed by atoms with Crippen LogP contribution in [0.15, 0.2) is 70.4 Å². The van der Waals surface area contributed by atoms with Gasteiger partial charge in [0.2, 0.25) is 0 Å². The van der Waals surface area contributed by atoms with Gasteiger partial charge in [0.15, 0.2) is 11.7 Å². The fourth-order valence-corrected chi connectivity index (χ4v) is 4.61. The second kappa shape index (κ2) is 8.60. The smallest absolute Gasteiger partial charge is 0.349 e. The average molecular weight is 474 g/mol. The van der Waals surface area contributed by atoms with Gasteiger partial charge in [0.25, 0.3) is 11.8 Å². The van der Waals surface area contributed by atoms with E-state index in [9.17, 15) is 14.4 Å². The van der Waals surface area contributed by atoms with E-state index in [1.165, 1.54) is 17.4 Å². The topological polar surface area (TPSA) is 102 Å². The van der Waals surface area contributed by atoms with Gasteiger partial charge in [-0.05, 0) is 37.3 Å². The Bertz CT molecular complexity index is 1520. The number of benzene rings is 2. The molecule has 8 nitrogen and oxygen atoms in total. The molecule has 0 radical (unpaired) electrons. The number of amides is 2. The van der Waals surface area contributed by atoms with Crippen molar-refractivity contribution in [2.75, 3.05) is 23.4 Å². The molecule has 0 unspecified atom stereocenters. The first-order valence-electron chi connectivity index (χ1n) is 10.4. The van der Waals surface area contributed by atoms with Crippen molar-refractivity contribution in [3.8, 4) is 17.0 Å². The number of rotatable bonds is 5. The van der Waals surface area contributed by atoms with E-state index in [4.69, 9.17) is 9.15 Å². The maximum absolute atomic E-state index is 12.8. The van der Waals surface area contributed by atoms with Gasteiger partial charge in [-0.2, -0.15) is 0 Å². The van der Waals surface area contributed by atoms with Gasteiger partial charge in [-0.15, -0.1) is 17.9 Å². The third-order valence-corrected chi connectivity index (χ3v) is 6.28. The summed E-state index contributed by atoms with van der Waals surface area (Å²) < 4.78 is 10.8. The maximum Gasteiger partial charge on any atom is 0.349 e. The van der Waals surface area contributed by atoms with Crippen molar-refractivity contribution < 1.29 is 18.7 Å². The molecule has 4 aromatic rings. The van der Waals surface area contributed by atoms with Crippen molar-refractivity contribution in [2.45, 2.75) is 6.92 Å². The number of nitrogens with zero attached hydrogens (tertiary/aromatic N) is 2. The Kier molecular flexibility index (Phi) is 5.46. The van der Waals surface area contributed by atoms with Crippen LogP contribution in [0.4, 0.5) is 10.8 Å². The predicted molar refractivity (Wildman–Crippen MR) is 131 cm³/mol. The predicted octanol–water partition coefficient (Wildman–Crippen LogP) is 4.39. The Balaban J connectivity index is 1.45. The van der Waals surface area contributed by atoms with Gasteiger partial charge >= 0.3 is 5.63 Å². The van der Waals surface area contributed by atoms with Crippen LogP contribution in [0.3, 0.4) is 0 Å². The molecule has 0 saturated carbocycles. The molecule has 34 heavy (non-hydrogen) atoms. The highest BCUT2D eigenvalue weighted by atomic mass is 32.1. The van der Waals surface area contributed by atoms with E-state index in [0.29, 0.717) is 39.8 Å². The molecule has 1 N–H and O–H groups in total. The molecule has 2 aromatic carbocycles. The molecule has 0 aliphatic carbocycles. The molecule has 5 rings (SSSR count). The summed E-state index contributed by atoms with van der Waals surface area (Å²) in [6.07, 6.45) is 1.66. The van der Waals surface area contributed by atoms with Crippen molar-refractivity contribution in [3.05, 3.63) is 82.0 Å². The quantitative estimate of drug-likeness (QED) is 0.341. The molecule has 9 heteroatoms. The lowest BCUT2D eigenvalue weighted by atomic mass is 10.1. The highest BCUT2D eigenvalue weighted by molar-refractivity contribution is 7.16. The number of aromatic nitrogens is 1. The van der Waals surface area contributed by atoms with Crippen molar-refractivity contribution >= 4 is 44.9 Å². The highest BCUT2D eigenvalue weighted by Gasteiger charge is 2.26. The number of carbonyl (C=O) groups excluding carboxylic acids is 2. The van der Waals surface area contributed by atoms with E-state index >= 15 is 0 Å². The summed E-state index contributed by atoms with van der Waals surface area (Å²) in [5, 5.41) is 3.70. The van der Waals surface area contributed by atoms with Crippen LogP contribution < -0.4 is 20.6 Å². The standard InChI is InChI=1S/C25H19N3O5S/c1-3-10-28-18-12-16(8-9-20(18)32-13-21(28)29)22-14(2)34-25(26-22)27-23(30)17-11-15-6-4-5-7-19(15)33-24(17)31/h3-9,11-12H,1,10,13H2,2H3,(H,26,27,30). The third-order valence-electron chi connectivity index (χ3n) is 5.39. The summed E-state index contributed by atoms with van der Waals surface area (Å²) in [4.78, 5) is 44.4. The van der Waals surface area contributed by atoms with Gasteiger partial charge in [-0.25, -0.2) is 9.78 Å². The summed E-state index contributed by atoms with van der Waals surface area (Å²) in [5.41, 5.74) is 1.66. The van der Waals surface area contributed by atoms with Gasteiger partial charge < -0.3 is 14.1 Å². The molecule has 0 spiro atoms. The monoisotopic (exact) mass is 473 g/mol. The third kappa shape index (κ3) is 3.86. The summed E-state index contributed by atoms with van der Waals surface area (Å²) in [5.74, 6) is -0.141. The summed E-state index contributed by atoms with van der Waals surface area (Å²) in [6.45, 7) is 5.95. The Hall–Kier alpha value is -4.24. The molecule has 0 fully saturated rings. The Morgan fingerprint density at radius 3 is 2.88 bits per heavy atom. The fourth-order valence-electron chi connectivity index (χ4n) is 3.78. The minimum atomic E-state index is -0.716. The number of fused-ring (bicyclic) bond motifs is 2. The lowest BCUT2D eigenvalue weighted by molar-refractivity contribution is -0.121. The number of hydrogen-bond acceptors (Lipinski definition) is 7. The van der Waals surface area contributed by atoms with Crippen LogP contribution in [0.1, 0.15) is 15.2 Å². The molecule has 2 amide bonds. The molecule has 0 saturated heterocycles. The van der Waals surface area contributed by atoms with Crippen LogP contribution in [-0.4, -0.2) is 29.9 Å². The molecule has 3 heterocycles. The number of carbonyl (C=O) groups is 2. The van der Waals surface area contributed by atoms with E-state index in [2.05, 4.69) is 16.9 Å². The van der Waals surface area contributed by atoms with Gasteiger partial charge in [-0.1, -0.05) is 24.3 Å². The normalized spacial score (nSPS) is 12.9. The van der Waals surface area contributed by atoms with Crippen LogP contribution in [-0.2, 0) is 4.79 Å². The van der Waals surface area contributed by atoms with Gasteiger partial charge in [0.05, 0.1) is 11.4 Å². The van der Waals surface area contributed by atoms with E-state index in [0.717, 1.165) is 10.4 Å². The largest absolute Gasteiger partial charge is 0.482 e. The molecule has 170 valence electrons. The second-order valence-electron chi connectivity index (χ2n) is 7.63. The van der Waals surface area contributed by atoms with Crippen LogP contribution in [0.5, 0.6) is 5.75 Å².